The largest absolute Gasteiger partial charge is 0.409 e. The first kappa shape index (κ1) is 53.3. The van der Waals surface area contributed by atoms with Crippen molar-refractivity contribution < 1.29 is 5.21 Å². The van der Waals surface area contributed by atoms with Crippen LogP contribution in [0, 0.1) is 11.3 Å². The first-order chi connectivity index (χ1) is 36.0. The molecule has 2 aromatic carbocycles. The van der Waals surface area contributed by atoms with Gasteiger partial charge in [-0.05, 0) is 112 Å². The molecule has 4 aliphatic rings. The van der Waals surface area contributed by atoms with Crippen molar-refractivity contribution >= 4 is 63.9 Å². The number of pyridine rings is 2. The van der Waals surface area contributed by atoms with Gasteiger partial charge in [0.1, 0.15) is 23.3 Å². The molecule has 2 atom stereocenters. The Morgan fingerprint density at radius 2 is 1.14 bits per heavy atom. The number of oxime groups is 1. The molecule has 390 valence electrons. The second kappa shape index (κ2) is 24.9. The molecule has 0 saturated carbocycles. The van der Waals surface area contributed by atoms with Gasteiger partial charge in [-0.2, -0.15) is 5.26 Å². The maximum atomic E-state index is 9.46. The fourth-order valence-corrected chi connectivity index (χ4v) is 12.2. The smallest absolute Gasteiger partial charge is 0.170 e. The van der Waals surface area contributed by atoms with Crippen LogP contribution >= 0.6 is 46.4 Å². The van der Waals surface area contributed by atoms with Crippen molar-refractivity contribution in [2.75, 3.05) is 75.2 Å². The van der Waals surface area contributed by atoms with E-state index >= 15 is 0 Å². The van der Waals surface area contributed by atoms with E-state index in [1.807, 2.05) is 48.8 Å². The van der Waals surface area contributed by atoms with Crippen LogP contribution in [0.1, 0.15) is 74.6 Å². The first-order valence-corrected chi connectivity index (χ1v) is 27.2. The fourth-order valence-electron chi connectivity index (χ4n) is 11.3. The summed E-state index contributed by atoms with van der Waals surface area (Å²) in [5.74, 6) is 3.34. The topological polar surface area (TPSA) is 185 Å². The van der Waals surface area contributed by atoms with Gasteiger partial charge in [0, 0.05) is 140 Å². The molecule has 20 heteroatoms. The Hall–Kier alpha value is -5.48. The zero-order valence-electron chi connectivity index (χ0n) is 42.0. The van der Waals surface area contributed by atoms with Crippen LogP contribution in [-0.4, -0.2) is 150 Å². The van der Waals surface area contributed by atoms with E-state index in [1.165, 1.54) is 0 Å². The summed E-state index contributed by atoms with van der Waals surface area (Å²) in [6.07, 6.45) is 17.4. The van der Waals surface area contributed by atoms with E-state index in [0.717, 1.165) is 163 Å². The SMILES string of the molecule is CC[C@H]1CN(c2ncc(-c3ncc[nH]3)cc2Cl)CCN1C1CCN(Cc2ccc(Cl)cc2/C(N)=N\O)CC1.CC[C@H]1CN(c2ncc(-c3ncc[nH]3)cc2Cl)CCN1C1CCN(Cc2ccc(Cl)cc2C#N)CC1. The number of hydrogen-bond donors (Lipinski definition) is 4. The van der Waals surface area contributed by atoms with Gasteiger partial charge in [0.15, 0.2) is 5.84 Å². The number of imidazole rings is 2. The normalized spacial score (nSPS) is 20.1. The minimum absolute atomic E-state index is 0.0891. The van der Waals surface area contributed by atoms with Gasteiger partial charge in [-0.3, -0.25) is 19.6 Å². The minimum atomic E-state index is 0.0891. The van der Waals surface area contributed by atoms with E-state index in [1.54, 1.807) is 36.9 Å². The summed E-state index contributed by atoms with van der Waals surface area (Å²) in [4.78, 5) is 39.2. The Balaban J connectivity index is 0.000000182. The third kappa shape index (κ3) is 12.6. The molecule has 0 bridgehead atoms. The predicted molar refractivity (Wildman–Crippen MR) is 296 cm³/mol. The molecule has 6 aromatic rings. The molecule has 10 rings (SSSR count). The van der Waals surface area contributed by atoms with Crippen molar-refractivity contribution in [1.29, 1.82) is 5.26 Å². The van der Waals surface area contributed by atoms with Crippen LogP contribution in [0.25, 0.3) is 22.8 Å². The average Bonchev–Trinajstić information content (AvgIpc) is 4.19. The summed E-state index contributed by atoms with van der Waals surface area (Å²) in [6, 6.07) is 19.4. The van der Waals surface area contributed by atoms with Gasteiger partial charge in [0.05, 0.1) is 21.7 Å². The third-order valence-electron chi connectivity index (χ3n) is 15.3. The van der Waals surface area contributed by atoms with E-state index in [0.29, 0.717) is 55.4 Å². The Bertz CT molecular complexity index is 2860. The number of rotatable bonds is 13. The Morgan fingerprint density at radius 1 is 0.662 bits per heavy atom. The molecule has 4 aliphatic heterocycles. The summed E-state index contributed by atoms with van der Waals surface area (Å²) >= 11 is 25.6. The Labute approximate surface area is 454 Å². The zero-order chi connectivity index (χ0) is 51.7. The van der Waals surface area contributed by atoms with Crippen molar-refractivity contribution in [3.8, 4) is 28.8 Å². The van der Waals surface area contributed by atoms with Crippen LogP contribution in [0.3, 0.4) is 0 Å². The lowest BCUT2D eigenvalue weighted by Gasteiger charge is -2.47. The Kier molecular flexibility index (Phi) is 18.0. The lowest BCUT2D eigenvalue weighted by molar-refractivity contribution is 0.0610. The van der Waals surface area contributed by atoms with E-state index in [9.17, 15) is 10.5 Å². The molecule has 0 amide bonds. The number of halogens is 4. The molecule has 4 aromatic heterocycles. The molecule has 5 N–H and O–H groups in total. The van der Waals surface area contributed by atoms with Crippen LogP contribution < -0.4 is 15.5 Å². The molecule has 0 unspecified atom stereocenters. The summed E-state index contributed by atoms with van der Waals surface area (Å²) in [5.41, 5.74) is 11.1. The standard InChI is InChI=1S/C27H34Cl2N8O.C27H31Cl2N7/c1-2-21-17-36(27-24(29)13-19(15-33-27)26-31-7-8-32-26)11-12-37(21)22-5-9-35(10-6-22)16-18-3-4-20(28)14-23(18)25(30)34-38;1-2-23-18-35(27-25(29)14-21(16-33-27)26-31-7-8-32-26)11-12-36(23)24-5-9-34(10-6-24)17-19-3-4-22(28)13-20(19)15-30/h3-4,7-8,13-15,21-22,38H,2,5-6,9-12,16-17H2,1H3,(H2,30,34)(H,31,32);3-4,7-8,13-14,16,23-24H,2,5-6,9-12,17-18H2,1H3,(H,31,32)/t21-;23-/m00/s1. The molecule has 4 fully saturated rings. The van der Waals surface area contributed by atoms with Crippen molar-refractivity contribution in [3.63, 3.8) is 0 Å². The van der Waals surface area contributed by atoms with Gasteiger partial charge in [0.25, 0.3) is 0 Å². The number of nitrogens with zero attached hydrogens (tertiary/aromatic N) is 12. The molecular weight excluding hydrogens is 1020 g/mol. The van der Waals surface area contributed by atoms with Crippen LogP contribution in [-0.2, 0) is 13.1 Å². The summed E-state index contributed by atoms with van der Waals surface area (Å²) < 4.78 is 0. The summed E-state index contributed by atoms with van der Waals surface area (Å²) in [6.45, 7) is 15.8. The van der Waals surface area contributed by atoms with Gasteiger partial charge >= 0.3 is 0 Å². The summed E-state index contributed by atoms with van der Waals surface area (Å²) in [7, 11) is 0. The number of piperidine rings is 2. The van der Waals surface area contributed by atoms with Crippen LogP contribution in [0.2, 0.25) is 20.1 Å². The van der Waals surface area contributed by atoms with Gasteiger partial charge in [0.2, 0.25) is 0 Å². The summed E-state index contributed by atoms with van der Waals surface area (Å²) in [5, 5.41) is 24.3. The molecule has 0 aliphatic carbocycles. The number of nitriles is 1. The average molecular weight is 1080 g/mol. The van der Waals surface area contributed by atoms with E-state index in [4.69, 9.17) is 62.1 Å². The quantitative estimate of drug-likeness (QED) is 0.0371. The molecule has 0 radical (unpaired) electrons. The number of aromatic nitrogens is 6. The van der Waals surface area contributed by atoms with E-state index in [-0.39, 0.29) is 5.84 Å². The lowest BCUT2D eigenvalue weighted by atomic mass is 9.97. The molecule has 16 nitrogen and oxygen atoms in total. The number of H-pyrrole nitrogens is 2. The van der Waals surface area contributed by atoms with Gasteiger partial charge < -0.3 is 30.7 Å². The maximum absolute atomic E-state index is 9.46. The maximum Gasteiger partial charge on any atom is 0.170 e. The van der Waals surface area contributed by atoms with E-state index in [2.05, 4.69) is 74.4 Å². The third-order valence-corrected chi connectivity index (χ3v) is 16.3. The van der Waals surface area contributed by atoms with Crippen LogP contribution in [0.4, 0.5) is 11.6 Å². The Morgan fingerprint density at radius 3 is 1.57 bits per heavy atom. The second-order valence-corrected chi connectivity index (χ2v) is 21.3. The molecular formula is C54H65Cl4N15O. The lowest BCUT2D eigenvalue weighted by Crippen LogP contribution is -2.58. The molecule has 4 saturated heterocycles. The van der Waals surface area contributed by atoms with E-state index < -0.39 is 0 Å². The number of nitrogens with one attached hydrogen (secondary N) is 2. The van der Waals surface area contributed by atoms with Gasteiger partial charge in [-0.25, -0.2) is 19.9 Å². The highest BCUT2D eigenvalue weighted by atomic mass is 35.5. The number of nitrogens with two attached hydrogens (primary N) is 1. The monoisotopic (exact) mass is 1080 g/mol. The van der Waals surface area contributed by atoms with Crippen molar-refractivity contribution in [2.24, 2.45) is 10.9 Å². The molecule has 74 heavy (non-hydrogen) atoms. The number of anilines is 2. The highest BCUT2D eigenvalue weighted by molar-refractivity contribution is 6.33. The van der Waals surface area contributed by atoms with Gasteiger partial charge in [-0.1, -0.05) is 77.5 Å². The van der Waals surface area contributed by atoms with Crippen molar-refractivity contribution in [1.82, 2.24) is 49.5 Å². The molecule has 0 spiro atoms. The fraction of sp³-hybridized carbons (Fsp3) is 0.444. The predicted octanol–water partition coefficient (Wildman–Crippen LogP) is 9.65. The van der Waals surface area contributed by atoms with Gasteiger partial charge in [-0.15, -0.1) is 0 Å². The van der Waals surface area contributed by atoms with Crippen LogP contribution in [0.15, 0.2) is 90.9 Å². The number of likely N-dealkylation sites (tertiary alicyclic amines) is 2. The number of aromatic amines is 2. The highest BCUT2D eigenvalue weighted by Gasteiger charge is 2.36. The molecule has 8 heterocycles. The minimum Gasteiger partial charge on any atom is -0.409 e. The van der Waals surface area contributed by atoms with Crippen molar-refractivity contribution in [3.05, 3.63) is 128 Å². The number of hydrogen-bond acceptors (Lipinski definition) is 13. The number of amidine groups is 1. The second-order valence-electron chi connectivity index (χ2n) is 19.6. The van der Waals surface area contributed by atoms with Crippen molar-refractivity contribution in [2.45, 2.75) is 89.6 Å². The zero-order valence-corrected chi connectivity index (χ0v) is 45.0. The highest BCUT2D eigenvalue weighted by Crippen LogP contribution is 2.34. The number of benzene rings is 2. The number of piperazine rings is 2. The first-order valence-electron chi connectivity index (χ1n) is 25.7. The van der Waals surface area contributed by atoms with Crippen LogP contribution in [0.5, 0.6) is 0 Å².